The summed E-state index contributed by atoms with van der Waals surface area (Å²) in [4.78, 5) is 15.5. The summed E-state index contributed by atoms with van der Waals surface area (Å²) < 4.78 is 0. The minimum atomic E-state index is 0.179. The highest BCUT2D eigenvalue weighted by molar-refractivity contribution is 5.77. The van der Waals surface area contributed by atoms with E-state index in [1.165, 1.54) is 0 Å². The second-order valence-corrected chi connectivity index (χ2v) is 5.62. The summed E-state index contributed by atoms with van der Waals surface area (Å²) in [5.41, 5.74) is 0. The second-order valence-electron chi connectivity index (χ2n) is 5.62. The quantitative estimate of drug-likeness (QED) is 0.699. The number of nitrogens with one attached hydrogen (secondary N) is 1. The fraction of sp³-hybridized carbons (Fsp3) is 0.929. The standard InChI is InChI=1S/C14H29N3O2/c1-4-12(7-10-18)15-13-5-8-17(9-6-13)11-14(19)16(2)3/h12-13,15,18H,4-11H2,1-3H3. The number of hydrogen-bond acceptors (Lipinski definition) is 4. The largest absolute Gasteiger partial charge is 0.396 e. The predicted molar refractivity (Wildman–Crippen MR) is 77.1 cm³/mol. The second kappa shape index (κ2) is 8.51. The number of nitrogens with zero attached hydrogens (tertiary/aromatic N) is 2. The minimum Gasteiger partial charge on any atom is -0.396 e. The molecule has 1 unspecified atom stereocenters. The lowest BCUT2D eigenvalue weighted by molar-refractivity contribution is -0.130. The third-order valence-corrected chi connectivity index (χ3v) is 3.89. The molecule has 0 radical (unpaired) electrons. The zero-order chi connectivity index (χ0) is 14.3. The molecule has 19 heavy (non-hydrogen) atoms. The number of piperidine rings is 1. The Morgan fingerprint density at radius 2 is 2.05 bits per heavy atom. The van der Waals surface area contributed by atoms with Gasteiger partial charge in [0.2, 0.25) is 5.91 Å². The van der Waals surface area contributed by atoms with Gasteiger partial charge in [0.25, 0.3) is 0 Å². The third-order valence-electron chi connectivity index (χ3n) is 3.89. The fourth-order valence-corrected chi connectivity index (χ4v) is 2.48. The maximum Gasteiger partial charge on any atom is 0.236 e. The number of carbonyl (C=O) groups excluding carboxylic acids is 1. The topological polar surface area (TPSA) is 55.8 Å². The van der Waals surface area contributed by atoms with E-state index in [-0.39, 0.29) is 12.5 Å². The van der Waals surface area contributed by atoms with E-state index < -0.39 is 0 Å². The van der Waals surface area contributed by atoms with Gasteiger partial charge in [0.05, 0.1) is 6.54 Å². The summed E-state index contributed by atoms with van der Waals surface area (Å²) >= 11 is 0. The summed E-state index contributed by atoms with van der Waals surface area (Å²) in [7, 11) is 3.61. The predicted octanol–water partition coefficient (Wildman–Crippen LogP) is 0.290. The molecule has 0 bridgehead atoms. The summed E-state index contributed by atoms with van der Waals surface area (Å²) in [6.45, 7) is 4.90. The molecule has 1 saturated heterocycles. The van der Waals surface area contributed by atoms with Crippen LogP contribution in [-0.2, 0) is 4.79 Å². The number of hydrogen-bond donors (Lipinski definition) is 2. The zero-order valence-electron chi connectivity index (χ0n) is 12.6. The lowest BCUT2D eigenvalue weighted by Crippen LogP contribution is -2.48. The Kier molecular flexibility index (Phi) is 7.34. The highest BCUT2D eigenvalue weighted by Gasteiger charge is 2.22. The number of likely N-dealkylation sites (tertiary alicyclic amines) is 1. The van der Waals surface area contributed by atoms with E-state index >= 15 is 0 Å². The Hall–Kier alpha value is -0.650. The van der Waals surface area contributed by atoms with E-state index in [9.17, 15) is 4.79 Å². The van der Waals surface area contributed by atoms with Gasteiger partial charge in [-0.25, -0.2) is 0 Å². The van der Waals surface area contributed by atoms with Crippen molar-refractivity contribution < 1.29 is 9.90 Å². The van der Waals surface area contributed by atoms with Gasteiger partial charge in [-0.2, -0.15) is 0 Å². The molecule has 0 saturated carbocycles. The molecule has 112 valence electrons. The highest BCUT2D eigenvalue weighted by atomic mass is 16.3. The lowest BCUT2D eigenvalue weighted by Gasteiger charge is -2.34. The molecule has 1 amide bonds. The molecule has 1 fully saturated rings. The Labute approximate surface area is 117 Å². The molecule has 1 aliphatic heterocycles. The smallest absolute Gasteiger partial charge is 0.236 e. The summed E-state index contributed by atoms with van der Waals surface area (Å²) in [5.74, 6) is 0.179. The van der Waals surface area contributed by atoms with Crippen LogP contribution in [0.2, 0.25) is 0 Å². The first-order valence-corrected chi connectivity index (χ1v) is 7.36. The van der Waals surface area contributed by atoms with E-state index in [0.717, 1.165) is 38.8 Å². The third kappa shape index (κ3) is 5.89. The normalized spacial score (nSPS) is 19.4. The summed E-state index contributed by atoms with van der Waals surface area (Å²) in [6, 6.07) is 0.951. The minimum absolute atomic E-state index is 0.179. The Bertz CT molecular complexity index is 263. The van der Waals surface area contributed by atoms with Gasteiger partial charge in [-0.1, -0.05) is 6.92 Å². The van der Waals surface area contributed by atoms with Crippen LogP contribution in [0.25, 0.3) is 0 Å². The summed E-state index contributed by atoms with van der Waals surface area (Å²) in [5, 5.41) is 12.6. The lowest BCUT2D eigenvalue weighted by atomic mass is 10.0. The van der Waals surface area contributed by atoms with Gasteiger partial charge in [-0.15, -0.1) is 0 Å². The Morgan fingerprint density at radius 1 is 1.42 bits per heavy atom. The van der Waals surface area contributed by atoms with Crippen molar-refractivity contribution in [2.24, 2.45) is 0 Å². The van der Waals surface area contributed by atoms with Crippen LogP contribution < -0.4 is 5.32 Å². The maximum atomic E-state index is 11.6. The number of aliphatic hydroxyl groups excluding tert-OH is 1. The molecule has 1 atom stereocenters. The molecule has 0 aromatic heterocycles. The molecule has 1 rings (SSSR count). The number of aliphatic hydroxyl groups is 1. The monoisotopic (exact) mass is 271 g/mol. The van der Waals surface area contributed by atoms with Gasteiger partial charge in [-0.3, -0.25) is 9.69 Å². The van der Waals surface area contributed by atoms with Crippen molar-refractivity contribution in [3.63, 3.8) is 0 Å². The van der Waals surface area contributed by atoms with Crippen LogP contribution >= 0.6 is 0 Å². The van der Waals surface area contributed by atoms with E-state index in [4.69, 9.17) is 5.11 Å². The first kappa shape index (κ1) is 16.4. The van der Waals surface area contributed by atoms with Crippen LogP contribution in [0.1, 0.15) is 32.6 Å². The van der Waals surface area contributed by atoms with Crippen LogP contribution in [0.15, 0.2) is 0 Å². The molecule has 0 aromatic carbocycles. The molecular weight excluding hydrogens is 242 g/mol. The number of rotatable bonds is 7. The van der Waals surface area contributed by atoms with Crippen LogP contribution in [0.4, 0.5) is 0 Å². The van der Waals surface area contributed by atoms with Crippen molar-refractivity contribution >= 4 is 5.91 Å². The average molecular weight is 271 g/mol. The molecule has 5 nitrogen and oxygen atoms in total. The van der Waals surface area contributed by atoms with Crippen LogP contribution in [0.5, 0.6) is 0 Å². The van der Waals surface area contributed by atoms with E-state index in [2.05, 4.69) is 17.1 Å². The molecule has 0 spiro atoms. The number of amides is 1. The molecule has 0 aliphatic carbocycles. The van der Waals surface area contributed by atoms with Gasteiger partial charge in [-0.05, 0) is 25.7 Å². The van der Waals surface area contributed by atoms with Crippen molar-refractivity contribution in [2.45, 2.75) is 44.7 Å². The molecule has 2 N–H and O–H groups in total. The molecule has 5 heteroatoms. The van der Waals surface area contributed by atoms with E-state index in [1.54, 1.807) is 19.0 Å². The van der Waals surface area contributed by atoms with E-state index in [0.29, 0.717) is 18.6 Å². The van der Waals surface area contributed by atoms with Gasteiger partial charge in [0.15, 0.2) is 0 Å². The van der Waals surface area contributed by atoms with Crippen LogP contribution in [0, 0.1) is 0 Å². The van der Waals surface area contributed by atoms with Crippen molar-refractivity contribution in [1.29, 1.82) is 0 Å². The fourth-order valence-electron chi connectivity index (χ4n) is 2.48. The van der Waals surface area contributed by atoms with Gasteiger partial charge >= 0.3 is 0 Å². The highest BCUT2D eigenvalue weighted by Crippen LogP contribution is 2.12. The summed E-state index contributed by atoms with van der Waals surface area (Å²) in [6.07, 6.45) is 4.06. The first-order valence-electron chi connectivity index (χ1n) is 7.36. The Morgan fingerprint density at radius 3 is 2.53 bits per heavy atom. The van der Waals surface area contributed by atoms with Crippen LogP contribution in [-0.4, -0.2) is 73.2 Å². The Balaban J connectivity index is 2.26. The zero-order valence-corrected chi connectivity index (χ0v) is 12.6. The van der Waals surface area contributed by atoms with Crippen molar-refractivity contribution in [3.05, 3.63) is 0 Å². The average Bonchev–Trinajstić information content (AvgIpc) is 2.40. The molecule has 1 aliphatic rings. The maximum absolute atomic E-state index is 11.6. The first-order chi connectivity index (χ1) is 9.06. The SMILES string of the molecule is CCC(CCO)NC1CCN(CC(=O)N(C)C)CC1. The number of carbonyl (C=O) groups is 1. The van der Waals surface area contributed by atoms with Crippen LogP contribution in [0.3, 0.4) is 0 Å². The van der Waals surface area contributed by atoms with Gasteiger partial charge < -0.3 is 15.3 Å². The van der Waals surface area contributed by atoms with Crippen molar-refractivity contribution in [2.75, 3.05) is 40.3 Å². The molecule has 0 aromatic rings. The molecule has 1 heterocycles. The number of likely N-dealkylation sites (N-methyl/N-ethyl adjacent to an activating group) is 1. The van der Waals surface area contributed by atoms with E-state index in [1.807, 2.05) is 0 Å². The van der Waals surface area contributed by atoms with Crippen molar-refractivity contribution in [1.82, 2.24) is 15.1 Å². The van der Waals surface area contributed by atoms with Crippen molar-refractivity contribution in [3.8, 4) is 0 Å². The molecular formula is C14H29N3O2. The van der Waals surface area contributed by atoms with Gasteiger partial charge in [0.1, 0.15) is 0 Å². The van der Waals surface area contributed by atoms with Gasteiger partial charge in [0, 0.05) is 45.9 Å².